The molecule has 0 heterocycles. The third-order valence-electron chi connectivity index (χ3n) is 2.96. The van der Waals surface area contributed by atoms with E-state index < -0.39 is 5.54 Å². The second-order valence-electron chi connectivity index (χ2n) is 4.64. The lowest BCUT2D eigenvalue weighted by molar-refractivity contribution is -0.150. The van der Waals surface area contributed by atoms with Crippen molar-refractivity contribution in [3.05, 3.63) is 30.1 Å². The third-order valence-corrected chi connectivity index (χ3v) is 3.96. The van der Waals surface area contributed by atoms with Crippen LogP contribution in [0.25, 0.3) is 0 Å². The van der Waals surface area contributed by atoms with Crippen LogP contribution < -0.4 is 5.32 Å². The van der Waals surface area contributed by atoms with Crippen molar-refractivity contribution in [3.8, 4) is 0 Å². The molecule has 20 heavy (non-hydrogen) atoms. The maximum atomic E-state index is 13.1. The highest BCUT2D eigenvalue weighted by Gasteiger charge is 2.33. The Kier molecular flexibility index (Phi) is 7.02. The van der Waals surface area contributed by atoms with E-state index in [1.807, 2.05) is 19.9 Å². The fourth-order valence-electron chi connectivity index (χ4n) is 1.87. The number of halogens is 1. The zero-order chi connectivity index (χ0) is 15.0. The minimum atomic E-state index is -0.689. The maximum Gasteiger partial charge on any atom is 0.326 e. The molecule has 0 saturated carbocycles. The van der Waals surface area contributed by atoms with E-state index in [1.165, 1.54) is 23.9 Å². The number of benzene rings is 1. The number of carbonyl (C=O) groups excluding carboxylic acids is 1. The van der Waals surface area contributed by atoms with Crippen LogP contribution in [0, 0.1) is 5.82 Å². The molecule has 1 atom stereocenters. The summed E-state index contributed by atoms with van der Waals surface area (Å²) in [5.41, 5.74) is -0.689. The van der Waals surface area contributed by atoms with Crippen LogP contribution in [0.5, 0.6) is 0 Å². The molecule has 0 aromatic heterocycles. The fourth-order valence-corrected chi connectivity index (χ4v) is 2.99. The number of hydrogen-bond acceptors (Lipinski definition) is 4. The van der Waals surface area contributed by atoms with Gasteiger partial charge in [0.05, 0.1) is 6.61 Å². The van der Waals surface area contributed by atoms with Gasteiger partial charge in [-0.3, -0.25) is 4.79 Å². The minimum absolute atomic E-state index is 0.235. The summed E-state index contributed by atoms with van der Waals surface area (Å²) < 4.78 is 18.2. The number of likely N-dealkylation sites (N-methyl/N-ethyl adjacent to an activating group) is 1. The van der Waals surface area contributed by atoms with Crippen LogP contribution in [-0.4, -0.2) is 30.4 Å². The molecule has 0 bridgehead atoms. The monoisotopic (exact) mass is 299 g/mol. The largest absolute Gasteiger partial charge is 0.465 e. The van der Waals surface area contributed by atoms with E-state index in [0.717, 1.165) is 4.90 Å². The SMILES string of the molecule is CCNC(C)(CCSc1cccc(F)c1)C(=O)OCC. The summed E-state index contributed by atoms with van der Waals surface area (Å²) >= 11 is 1.54. The van der Waals surface area contributed by atoms with Crippen molar-refractivity contribution in [1.29, 1.82) is 0 Å². The third kappa shape index (κ3) is 5.13. The van der Waals surface area contributed by atoms with Gasteiger partial charge in [-0.25, -0.2) is 4.39 Å². The van der Waals surface area contributed by atoms with Crippen LogP contribution in [0.15, 0.2) is 29.2 Å². The molecule has 0 amide bonds. The smallest absolute Gasteiger partial charge is 0.326 e. The molecule has 5 heteroatoms. The average molecular weight is 299 g/mol. The lowest BCUT2D eigenvalue weighted by atomic mass is 9.99. The summed E-state index contributed by atoms with van der Waals surface area (Å²) in [6.07, 6.45) is 0.626. The summed E-state index contributed by atoms with van der Waals surface area (Å²) in [5, 5.41) is 3.18. The van der Waals surface area contributed by atoms with Gasteiger partial charge in [0.1, 0.15) is 11.4 Å². The summed E-state index contributed by atoms with van der Waals surface area (Å²) in [7, 11) is 0. The van der Waals surface area contributed by atoms with Crippen LogP contribution in [0.1, 0.15) is 27.2 Å². The molecule has 0 aliphatic heterocycles. The van der Waals surface area contributed by atoms with Crippen molar-refractivity contribution in [2.24, 2.45) is 0 Å². The molecule has 0 spiro atoms. The lowest BCUT2D eigenvalue weighted by Gasteiger charge is -2.27. The molecule has 1 rings (SSSR count). The Morgan fingerprint density at radius 3 is 2.80 bits per heavy atom. The Balaban J connectivity index is 2.56. The highest BCUT2D eigenvalue weighted by Crippen LogP contribution is 2.23. The number of carbonyl (C=O) groups is 1. The summed E-state index contributed by atoms with van der Waals surface area (Å²) in [6, 6.07) is 6.47. The number of esters is 1. The van der Waals surface area contributed by atoms with Crippen molar-refractivity contribution in [2.45, 2.75) is 37.6 Å². The Morgan fingerprint density at radius 2 is 2.20 bits per heavy atom. The van der Waals surface area contributed by atoms with Gasteiger partial charge >= 0.3 is 5.97 Å². The number of hydrogen-bond donors (Lipinski definition) is 1. The standard InChI is InChI=1S/C15H22FNO2S/c1-4-17-15(3,14(18)19-5-2)9-10-20-13-8-6-7-12(16)11-13/h6-8,11,17H,4-5,9-10H2,1-3H3. The Morgan fingerprint density at radius 1 is 1.45 bits per heavy atom. The highest BCUT2D eigenvalue weighted by atomic mass is 32.2. The Hall–Kier alpha value is -1.07. The quantitative estimate of drug-likeness (QED) is 0.591. The minimum Gasteiger partial charge on any atom is -0.465 e. The molecule has 0 radical (unpaired) electrons. The zero-order valence-electron chi connectivity index (χ0n) is 12.2. The summed E-state index contributed by atoms with van der Waals surface area (Å²) in [5.74, 6) is 0.239. The van der Waals surface area contributed by atoms with Gasteiger partial charge in [0, 0.05) is 10.6 Å². The molecule has 0 aliphatic rings. The van der Waals surface area contributed by atoms with E-state index >= 15 is 0 Å². The highest BCUT2D eigenvalue weighted by molar-refractivity contribution is 7.99. The molecule has 112 valence electrons. The Labute approximate surface area is 124 Å². The van der Waals surface area contributed by atoms with Gasteiger partial charge in [0.25, 0.3) is 0 Å². The van der Waals surface area contributed by atoms with Crippen LogP contribution in [-0.2, 0) is 9.53 Å². The van der Waals surface area contributed by atoms with Gasteiger partial charge in [-0.1, -0.05) is 13.0 Å². The summed E-state index contributed by atoms with van der Waals surface area (Å²) in [4.78, 5) is 12.9. The molecule has 3 nitrogen and oxygen atoms in total. The van der Waals surface area contributed by atoms with E-state index in [4.69, 9.17) is 4.74 Å². The fraction of sp³-hybridized carbons (Fsp3) is 0.533. The van der Waals surface area contributed by atoms with E-state index in [9.17, 15) is 9.18 Å². The van der Waals surface area contributed by atoms with Gasteiger partial charge in [0.2, 0.25) is 0 Å². The number of thioether (sulfide) groups is 1. The Bertz CT molecular complexity index is 442. The van der Waals surface area contributed by atoms with E-state index in [-0.39, 0.29) is 11.8 Å². The predicted octanol–water partition coefficient (Wildman–Crippen LogP) is 3.24. The lowest BCUT2D eigenvalue weighted by Crippen LogP contribution is -2.50. The van der Waals surface area contributed by atoms with E-state index in [0.29, 0.717) is 25.3 Å². The van der Waals surface area contributed by atoms with Crippen LogP contribution in [0.4, 0.5) is 4.39 Å². The van der Waals surface area contributed by atoms with E-state index in [2.05, 4.69) is 5.32 Å². The molecule has 0 fully saturated rings. The second-order valence-corrected chi connectivity index (χ2v) is 5.81. The first-order chi connectivity index (χ1) is 9.51. The summed E-state index contributed by atoms with van der Waals surface area (Å²) in [6.45, 7) is 6.67. The van der Waals surface area contributed by atoms with Crippen LogP contribution >= 0.6 is 11.8 Å². The zero-order valence-corrected chi connectivity index (χ0v) is 13.1. The molecule has 1 unspecified atom stereocenters. The van der Waals surface area contributed by atoms with Crippen molar-refractivity contribution in [3.63, 3.8) is 0 Å². The van der Waals surface area contributed by atoms with Crippen LogP contribution in [0.2, 0.25) is 0 Å². The van der Waals surface area contributed by atoms with Gasteiger partial charge in [0.15, 0.2) is 0 Å². The molecule has 0 saturated heterocycles. The number of ether oxygens (including phenoxy) is 1. The van der Waals surface area contributed by atoms with Gasteiger partial charge in [-0.05, 0) is 45.0 Å². The van der Waals surface area contributed by atoms with Crippen molar-refractivity contribution >= 4 is 17.7 Å². The molecule has 1 aromatic carbocycles. The van der Waals surface area contributed by atoms with Gasteiger partial charge < -0.3 is 10.1 Å². The first-order valence-electron chi connectivity index (χ1n) is 6.82. The molecule has 1 N–H and O–H groups in total. The first kappa shape index (κ1) is 17.0. The normalized spacial score (nSPS) is 13.8. The topological polar surface area (TPSA) is 38.3 Å². The molecule has 0 aliphatic carbocycles. The van der Waals surface area contributed by atoms with Crippen molar-refractivity contribution in [1.82, 2.24) is 5.32 Å². The average Bonchev–Trinajstić information content (AvgIpc) is 2.39. The molecular formula is C15H22FNO2S. The van der Waals surface area contributed by atoms with Gasteiger partial charge in [-0.15, -0.1) is 11.8 Å². The number of nitrogens with one attached hydrogen (secondary N) is 1. The predicted molar refractivity (Wildman–Crippen MR) is 80.5 cm³/mol. The van der Waals surface area contributed by atoms with E-state index in [1.54, 1.807) is 13.0 Å². The number of rotatable bonds is 8. The first-order valence-corrected chi connectivity index (χ1v) is 7.81. The second kappa shape index (κ2) is 8.27. The maximum absolute atomic E-state index is 13.1. The molecular weight excluding hydrogens is 277 g/mol. The van der Waals surface area contributed by atoms with Gasteiger partial charge in [-0.2, -0.15) is 0 Å². The molecule has 1 aromatic rings. The van der Waals surface area contributed by atoms with Crippen LogP contribution in [0.3, 0.4) is 0 Å². The van der Waals surface area contributed by atoms with Crippen molar-refractivity contribution in [2.75, 3.05) is 18.9 Å². The van der Waals surface area contributed by atoms with Crippen molar-refractivity contribution < 1.29 is 13.9 Å².